The molecule has 6 heteroatoms. The van der Waals surface area contributed by atoms with Crippen molar-refractivity contribution in [3.05, 3.63) is 5.01 Å². The van der Waals surface area contributed by atoms with Gasteiger partial charge in [-0.3, -0.25) is 4.90 Å². The Bertz CT molecular complexity index is 315. The normalized spacial score (nSPS) is 22.9. The van der Waals surface area contributed by atoms with E-state index in [0.717, 1.165) is 21.9 Å². The van der Waals surface area contributed by atoms with E-state index in [1.54, 1.807) is 11.3 Å². The topological polar surface area (TPSA) is 41.1 Å². The van der Waals surface area contributed by atoms with Crippen LogP contribution >= 0.6 is 23.1 Å². The van der Waals surface area contributed by atoms with Crippen LogP contribution in [0.3, 0.4) is 0 Å². The van der Waals surface area contributed by atoms with Gasteiger partial charge >= 0.3 is 0 Å². The molecule has 0 bridgehead atoms. The summed E-state index contributed by atoms with van der Waals surface area (Å²) in [4.78, 5) is 2.46. The monoisotopic (exact) mass is 244 g/mol. The molecule has 1 N–H and O–H groups in total. The molecule has 1 atom stereocenters. The maximum Gasteiger partial charge on any atom is 0.205 e. The predicted molar refractivity (Wildman–Crippen MR) is 66.7 cm³/mol. The molecule has 1 aromatic heterocycles. The SMILES string of the molecule is CNc1nnc(CN2CCSC(C)C2)s1. The summed E-state index contributed by atoms with van der Waals surface area (Å²) in [7, 11) is 1.88. The maximum absolute atomic E-state index is 4.16. The molecule has 1 saturated heterocycles. The highest BCUT2D eigenvalue weighted by Gasteiger charge is 2.17. The van der Waals surface area contributed by atoms with Crippen LogP contribution in [0.4, 0.5) is 5.13 Å². The zero-order valence-corrected chi connectivity index (χ0v) is 10.7. The lowest BCUT2D eigenvalue weighted by Gasteiger charge is -2.29. The largest absolute Gasteiger partial charge is 0.363 e. The summed E-state index contributed by atoms with van der Waals surface area (Å²) in [5.74, 6) is 1.23. The molecule has 0 saturated carbocycles. The highest BCUT2D eigenvalue weighted by molar-refractivity contribution is 7.99. The Balaban J connectivity index is 1.90. The first-order chi connectivity index (χ1) is 7.28. The van der Waals surface area contributed by atoms with E-state index in [4.69, 9.17) is 0 Å². The van der Waals surface area contributed by atoms with Crippen LogP contribution in [0, 0.1) is 0 Å². The minimum Gasteiger partial charge on any atom is -0.363 e. The van der Waals surface area contributed by atoms with Crippen LogP contribution in [0.5, 0.6) is 0 Å². The number of rotatable bonds is 3. The molecule has 0 amide bonds. The van der Waals surface area contributed by atoms with Gasteiger partial charge in [0, 0.05) is 31.1 Å². The molecule has 1 aliphatic heterocycles. The van der Waals surface area contributed by atoms with Crippen molar-refractivity contribution in [3.63, 3.8) is 0 Å². The fourth-order valence-electron chi connectivity index (χ4n) is 1.64. The van der Waals surface area contributed by atoms with Gasteiger partial charge in [0.2, 0.25) is 5.13 Å². The van der Waals surface area contributed by atoms with E-state index in [2.05, 4.69) is 39.1 Å². The van der Waals surface area contributed by atoms with Crippen molar-refractivity contribution in [2.45, 2.75) is 18.7 Å². The second kappa shape index (κ2) is 5.14. The van der Waals surface area contributed by atoms with Crippen molar-refractivity contribution in [3.8, 4) is 0 Å². The number of hydrogen-bond acceptors (Lipinski definition) is 6. The van der Waals surface area contributed by atoms with Gasteiger partial charge < -0.3 is 5.32 Å². The van der Waals surface area contributed by atoms with E-state index in [0.29, 0.717) is 0 Å². The summed E-state index contributed by atoms with van der Waals surface area (Å²) in [6.45, 7) is 5.57. The van der Waals surface area contributed by atoms with Crippen LogP contribution in [0.1, 0.15) is 11.9 Å². The zero-order chi connectivity index (χ0) is 10.7. The number of anilines is 1. The first-order valence-electron chi connectivity index (χ1n) is 5.12. The van der Waals surface area contributed by atoms with Gasteiger partial charge in [-0.15, -0.1) is 10.2 Å². The Morgan fingerprint density at radius 2 is 2.40 bits per heavy atom. The number of hydrogen-bond donors (Lipinski definition) is 1. The second-order valence-electron chi connectivity index (χ2n) is 3.67. The summed E-state index contributed by atoms with van der Waals surface area (Å²) in [5.41, 5.74) is 0. The first-order valence-corrected chi connectivity index (χ1v) is 6.98. The van der Waals surface area contributed by atoms with E-state index >= 15 is 0 Å². The standard InChI is InChI=1S/C9H16N4S2/c1-7-5-13(3-4-14-7)6-8-11-12-9(10-2)15-8/h7H,3-6H2,1-2H3,(H,10,12). The van der Waals surface area contributed by atoms with Gasteiger partial charge in [0.15, 0.2) is 0 Å². The smallest absolute Gasteiger partial charge is 0.205 e. The lowest BCUT2D eigenvalue weighted by atomic mass is 10.4. The van der Waals surface area contributed by atoms with Crippen molar-refractivity contribution in [2.24, 2.45) is 0 Å². The predicted octanol–water partition coefficient (Wildman–Crippen LogP) is 1.52. The summed E-state index contributed by atoms with van der Waals surface area (Å²) in [6.07, 6.45) is 0. The van der Waals surface area contributed by atoms with Crippen molar-refractivity contribution in [1.29, 1.82) is 0 Å². The van der Waals surface area contributed by atoms with Crippen molar-refractivity contribution in [2.75, 3.05) is 31.2 Å². The number of aromatic nitrogens is 2. The summed E-state index contributed by atoms with van der Waals surface area (Å²) < 4.78 is 0. The fraction of sp³-hybridized carbons (Fsp3) is 0.778. The third-order valence-electron chi connectivity index (χ3n) is 2.36. The van der Waals surface area contributed by atoms with Crippen LogP contribution in [-0.4, -0.2) is 46.2 Å². The average Bonchev–Trinajstić information content (AvgIpc) is 2.65. The highest BCUT2D eigenvalue weighted by Crippen LogP contribution is 2.21. The Morgan fingerprint density at radius 1 is 1.53 bits per heavy atom. The van der Waals surface area contributed by atoms with Gasteiger partial charge in [0.25, 0.3) is 0 Å². The van der Waals surface area contributed by atoms with Crippen molar-refractivity contribution in [1.82, 2.24) is 15.1 Å². The van der Waals surface area contributed by atoms with Gasteiger partial charge in [0.05, 0.1) is 6.54 Å². The van der Waals surface area contributed by atoms with Crippen LogP contribution in [0.2, 0.25) is 0 Å². The van der Waals surface area contributed by atoms with Crippen LogP contribution in [-0.2, 0) is 6.54 Å². The number of thioether (sulfide) groups is 1. The lowest BCUT2D eigenvalue weighted by molar-refractivity contribution is 0.277. The molecular formula is C9H16N4S2. The average molecular weight is 244 g/mol. The Kier molecular flexibility index (Phi) is 3.82. The summed E-state index contributed by atoms with van der Waals surface area (Å²) in [5, 5.41) is 14.0. The second-order valence-corrected chi connectivity index (χ2v) is 6.28. The van der Waals surface area contributed by atoms with Gasteiger partial charge in [-0.2, -0.15) is 11.8 Å². The Labute approximate surface area is 98.5 Å². The summed E-state index contributed by atoms with van der Waals surface area (Å²) in [6, 6.07) is 0. The van der Waals surface area contributed by atoms with E-state index in [-0.39, 0.29) is 0 Å². The Morgan fingerprint density at radius 3 is 3.07 bits per heavy atom. The van der Waals surface area contributed by atoms with Gasteiger partial charge in [0.1, 0.15) is 5.01 Å². The first kappa shape index (κ1) is 11.2. The van der Waals surface area contributed by atoms with Crippen LogP contribution < -0.4 is 5.32 Å². The molecule has 0 aromatic carbocycles. The van der Waals surface area contributed by atoms with Crippen molar-refractivity contribution >= 4 is 28.2 Å². The molecule has 84 valence electrons. The molecule has 2 rings (SSSR count). The molecule has 2 heterocycles. The summed E-state index contributed by atoms with van der Waals surface area (Å²) >= 11 is 3.70. The number of nitrogens with zero attached hydrogens (tertiary/aromatic N) is 3. The van der Waals surface area contributed by atoms with Crippen LogP contribution in [0.25, 0.3) is 0 Å². The van der Waals surface area contributed by atoms with Gasteiger partial charge in [-0.1, -0.05) is 18.3 Å². The number of nitrogens with one attached hydrogen (secondary N) is 1. The molecule has 1 fully saturated rings. The third kappa shape index (κ3) is 3.06. The molecular weight excluding hydrogens is 228 g/mol. The minimum absolute atomic E-state index is 0.746. The lowest BCUT2D eigenvalue weighted by Crippen LogP contribution is -2.35. The molecule has 0 radical (unpaired) electrons. The van der Waals surface area contributed by atoms with Gasteiger partial charge in [-0.05, 0) is 0 Å². The van der Waals surface area contributed by atoms with Crippen molar-refractivity contribution < 1.29 is 0 Å². The van der Waals surface area contributed by atoms with E-state index in [1.165, 1.54) is 18.8 Å². The van der Waals surface area contributed by atoms with Crippen LogP contribution in [0.15, 0.2) is 0 Å². The maximum atomic E-state index is 4.16. The molecule has 0 spiro atoms. The van der Waals surface area contributed by atoms with Gasteiger partial charge in [-0.25, -0.2) is 0 Å². The zero-order valence-electron chi connectivity index (χ0n) is 9.06. The minimum atomic E-state index is 0.746. The molecule has 1 aromatic rings. The van der Waals surface area contributed by atoms with E-state index < -0.39 is 0 Å². The van der Waals surface area contributed by atoms with E-state index in [9.17, 15) is 0 Å². The molecule has 15 heavy (non-hydrogen) atoms. The molecule has 1 unspecified atom stereocenters. The highest BCUT2D eigenvalue weighted by atomic mass is 32.2. The Hall–Kier alpha value is -0.330. The molecule has 1 aliphatic rings. The molecule has 4 nitrogen and oxygen atoms in total. The fourth-order valence-corrected chi connectivity index (χ4v) is 3.46. The molecule has 0 aliphatic carbocycles. The quantitative estimate of drug-likeness (QED) is 0.873. The third-order valence-corrected chi connectivity index (χ3v) is 4.43. The van der Waals surface area contributed by atoms with E-state index in [1.807, 2.05) is 7.05 Å².